The molecule has 1 aromatic carbocycles. The summed E-state index contributed by atoms with van der Waals surface area (Å²) in [6.45, 7) is 4.39. The van der Waals surface area contributed by atoms with Gasteiger partial charge in [-0.3, -0.25) is 14.5 Å². The Labute approximate surface area is 165 Å². The van der Waals surface area contributed by atoms with Crippen LogP contribution in [0.4, 0.5) is 19.1 Å². The number of rotatable bonds is 3. The monoisotopic (exact) mass is 407 g/mol. The number of hydrogen-bond acceptors (Lipinski definition) is 4. The van der Waals surface area contributed by atoms with Crippen LogP contribution in [0.15, 0.2) is 16.7 Å². The first-order valence-electron chi connectivity index (χ1n) is 9.48. The number of anilines is 1. The SMILES string of the molecule is CC1CCN(c2onc3c2CN(C(=O)Cc2cc(F)c(F)c(F)c2)[C@@H](C)C3)C1=O. The van der Waals surface area contributed by atoms with Gasteiger partial charge in [-0.25, -0.2) is 13.2 Å². The zero-order valence-electron chi connectivity index (χ0n) is 16.0. The minimum Gasteiger partial charge on any atom is -0.338 e. The molecule has 9 heteroatoms. The van der Waals surface area contributed by atoms with Gasteiger partial charge in [-0.05, 0) is 31.0 Å². The van der Waals surface area contributed by atoms with Crippen molar-refractivity contribution >= 4 is 17.7 Å². The van der Waals surface area contributed by atoms with Gasteiger partial charge in [-0.2, -0.15) is 0 Å². The predicted octanol–water partition coefficient (Wildman–Crippen LogP) is 2.98. The highest BCUT2D eigenvalue weighted by atomic mass is 19.2. The van der Waals surface area contributed by atoms with Gasteiger partial charge in [0.2, 0.25) is 17.7 Å². The number of fused-ring (bicyclic) bond motifs is 1. The summed E-state index contributed by atoms with van der Waals surface area (Å²) in [5.74, 6) is -4.36. The van der Waals surface area contributed by atoms with Gasteiger partial charge in [0.25, 0.3) is 0 Å². The lowest BCUT2D eigenvalue weighted by Crippen LogP contribution is -2.43. The van der Waals surface area contributed by atoms with E-state index in [1.54, 1.807) is 9.80 Å². The van der Waals surface area contributed by atoms with Crippen LogP contribution in [0.25, 0.3) is 0 Å². The molecule has 2 amide bonds. The van der Waals surface area contributed by atoms with E-state index < -0.39 is 17.5 Å². The maximum Gasteiger partial charge on any atom is 0.239 e. The number of hydrogen-bond donors (Lipinski definition) is 0. The Morgan fingerprint density at radius 3 is 2.55 bits per heavy atom. The summed E-state index contributed by atoms with van der Waals surface area (Å²) in [4.78, 5) is 28.3. The van der Waals surface area contributed by atoms with E-state index in [1.807, 2.05) is 13.8 Å². The number of halogens is 3. The topological polar surface area (TPSA) is 66.7 Å². The number of aromatic nitrogens is 1. The van der Waals surface area contributed by atoms with Gasteiger partial charge in [0.15, 0.2) is 17.5 Å². The molecule has 1 fully saturated rings. The van der Waals surface area contributed by atoms with Gasteiger partial charge in [-0.15, -0.1) is 0 Å². The Morgan fingerprint density at radius 2 is 1.93 bits per heavy atom. The van der Waals surface area contributed by atoms with E-state index in [0.29, 0.717) is 30.1 Å². The lowest BCUT2D eigenvalue weighted by atomic mass is 9.99. The molecule has 154 valence electrons. The van der Waals surface area contributed by atoms with E-state index in [-0.39, 0.29) is 42.3 Å². The number of benzene rings is 1. The van der Waals surface area contributed by atoms with E-state index in [0.717, 1.165) is 18.6 Å². The molecule has 1 aromatic heterocycles. The number of carbonyl (C=O) groups is 2. The third-order valence-corrected chi connectivity index (χ3v) is 5.64. The zero-order chi connectivity index (χ0) is 20.9. The van der Waals surface area contributed by atoms with Gasteiger partial charge < -0.3 is 9.42 Å². The molecular weight excluding hydrogens is 387 g/mol. The van der Waals surface area contributed by atoms with Crippen LogP contribution in [-0.2, 0) is 29.0 Å². The molecule has 0 aliphatic carbocycles. The molecule has 1 saturated heterocycles. The Hall–Kier alpha value is -2.84. The van der Waals surface area contributed by atoms with Crippen molar-refractivity contribution in [1.82, 2.24) is 10.1 Å². The Bertz CT molecular complexity index is 968. The smallest absolute Gasteiger partial charge is 0.239 e. The number of amides is 2. The molecule has 2 aromatic rings. The second-order valence-electron chi connectivity index (χ2n) is 7.72. The molecule has 1 unspecified atom stereocenters. The lowest BCUT2D eigenvalue weighted by molar-refractivity contribution is -0.133. The molecular formula is C20H20F3N3O3. The molecule has 0 saturated carbocycles. The van der Waals surface area contributed by atoms with Crippen molar-refractivity contribution in [2.45, 2.75) is 45.7 Å². The summed E-state index contributed by atoms with van der Waals surface area (Å²) >= 11 is 0. The summed E-state index contributed by atoms with van der Waals surface area (Å²) in [5.41, 5.74) is 1.43. The molecule has 29 heavy (non-hydrogen) atoms. The lowest BCUT2D eigenvalue weighted by Gasteiger charge is -2.33. The normalized spacial score (nSPS) is 21.6. The van der Waals surface area contributed by atoms with Crippen LogP contribution in [0.2, 0.25) is 0 Å². The molecule has 0 N–H and O–H groups in total. The first-order chi connectivity index (χ1) is 13.8. The van der Waals surface area contributed by atoms with E-state index in [1.165, 1.54) is 0 Å². The minimum atomic E-state index is -1.56. The third-order valence-electron chi connectivity index (χ3n) is 5.64. The second kappa shape index (κ2) is 7.20. The van der Waals surface area contributed by atoms with Gasteiger partial charge in [0.1, 0.15) is 0 Å². The molecule has 2 aliphatic heterocycles. The third kappa shape index (κ3) is 3.38. The van der Waals surface area contributed by atoms with E-state index >= 15 is 0 Å². The van der Waals surface area contributed by atoms with Crippen molar-refractivity contribution in [2.75, 3.05) is 11.4 Å². The Morgan fingerprint density at radius 1 is 1.24 bits per heavy atom. The van der Waals surface area contributed by atoms with Gasteiger partial charge in [0, 0.05) is 24.9 Å². The van der Waals surface area contributed by atoms with E-state index in [4.69, 9.17) is 4.52 Å². The average Bonchev–Trinajstić information content (AvgIpc) is 3.21. The van der Waals surface area contributed by atoms with Crippen LogP contribution in [0.3, 0.4) is 0 Å². The van der Waals surface area contributed by atoms with Crippen molar-refractivity contribution < 1.29 is 27.3 Å². The van der Waals surface area contributed by atoms with Crippen LogP contribution in [-0.4, -0.2) is 34.5 Å². The summed E-state index contributed by atoms with van der Waals surface area (Å²) < 4.78 is 45.5. The van der Waals surface area contributed by atoms with Crippen LogP contribution in [0.1, 0.15) is 37.1 Å². The highest BCUT2D eigenvalue weighted by Gasteiger charge is 2.38. The summed E-state index contributed by atoms with van der Waals surface area (Å²) in [6, 6.07) is 1.44. The average molecular weight is 407 g/mol. The predicted molar refractivity (Wildman–Crippen MR) is 96.4 cm³/mol. The fourth-order valence-corrected chi connectivity index (χ4v) is 3.92. The Kier molecular flexibility index (Phi) is 4.84. The maximum atomic E-state index is 13.5. The van der Waals surface area contributed by atoms with E-state index in [2.05, 4.69) is 5.16 Å². The summed E-state index contributed by atoms with van der Waals surface area (Å²) in [5, 5.41) is 4.07. The molecule has 6 nitrogen and oxygen atoms in total. The molecule has 4 rings (SSSR count). The molecule has 3 heterocycles. The summed E-state index contributed by atoms with van der Waals surface area (Å²) in [6.07, 6.45) is 0.886. The van der Waals surface area contributed by atoms with Gasteiger partial charge in [0.05, 0.1) is 24.2 Å². The van der Waals surface area contributed by atoms with Crippen molar-refractivity contribution in [3.8, 4) is 0 Å². The van der Waals surface area contributed by atoms with Gasteiger partial charge >= 0.3 is 0 Å². The van der Waals surface area contributed by atoms with Crippen molar-refractivity contribution in [3.63, 3.8) is 0 Å². The fourth-order valence-electron chi connectivity index (χ4n) is 3.92. The molecule has 0 radical (unpaired) electrons. The first kappa shape index (κ1) is 19.5. The number of nitrogens with zero attached hydrogens (tertiary/aromatic N) is 3. The Balaban J connectivity index is 1.56. The molecule has 2 atom stereocenters. The van der Waals surface area contributed by atoms with Crippen molar-refractivity contribution in [2.24, 2.45) is 5.92 Å². The van der Waals surface area contributed by atoms with E-state index in [9.17, 15) is 22.8 Å². The van der Waals surface area contributed by atoms with Crippen molar-refractivity contribution in [1.29, 1.82) is 0 Å². The second-order valence-corrected chi connectivity index (χ2v) is 7.72. The highest BCUT2D eigenvalue weighted by Crippen LogP contribution is 2.34. The van der Waals surface area contributed by atoms with Crippen molar-refractivity contribution in [3.05, 3.63) is 46.4 Å². The minimum absolute atomic E-state index is 0.0438. The van der Waals surface area contributed by atoms with Crippen LogP contribution in [0, 0.1) is 23.4 Å². The highest BCUT2D eigenvalue weighted by molar-refractivity contribution is 5.96. The standard InChI is InChI=1S/C20H20F3N3O3/c1-10-3-4-25(19(10)28)20-13-9-26(11(2)5-16(13)24-29-20)17(27)8-12-6-14(21)18(23)15(22)7-12/h6-7,10-11H,3-5,8-9H2,1-2H3/t10?,11-/m0/s1. The molecule has 0 spiro atoms. The first-order valence-corrected chi connectivity index (χ1v) is 9.48. The zero-order valence-corrected chi connectivity index (χ0v) is 16.0. The summed E-state index contributed by atoms with van der Waals surface area (Å²) in [7, 11) is 0. The molecule has 2 aliphatic rings. The van der Waals surface area contributed by atoms with Gasteiger partial charge in [-0.1, -0.05) is 12.1 Å². The van der Waals surface area contributed by atoms with Crippen LogP contribution in [0.5, 0.6) is 0 Å². The molecule has 0 bridgehead atoms. The maximum absolute atomic E-state index is 13.5. The largest absolute Gasteiger partial charge is 0.338 e. The van der Waals surface area contributed by atoms with Crippen LogP contribution < -0.4 is 4.90 Å². The number of carbonyl (C=O) groups excluding carboxylic acids is 2. The van der Waals surface area contributed by atoms with Crippen LogP contribution >= 0.6 is 0 Å². The quantitative estimate of drug-likeness (QED) is 0.734. The fraction of sp³-hybridized carbons (Fsp3) is 0.450.